The molecule has 0 saturated carbocycles. The third-order valence-electron chi connectivity index (χ3n) is 3.99. The molecule has 1 N–H and O–H groups in total. The molecule has 0 atom stereocenters. The molecule has 1 aliphatic heterocycles. The third kappa shape index (κ3) is 4.25. The molecule has 4 heteroatoms. The molecule has 23 heavy (non-hydrogen) atoms. The minimum Gasteiger partial charge on any atom is -0.484 e. The summed E-state index contributed by atoms with van der Waals surface area (Å²) in [7, 11) is 0. The van der Waals surface area contributed by atoms with Gasteiger partial charge in [-0.2, -0.15) is 0 Å². The van der Waals surface area contributed by atoms with E-state index < -0.39 is 0 Å². The van der Waals surface area contributed by atoms with Crippen LogP contribution in [0.4, 0.5) is 11.4 Å². The Kier molecular flexibility index (Phi) is 4.81. The molecule has 1 amide bonds. The smallest absolute Gasteiger partial charge is 0.262 e. The van der Waals surface area contributed by atoms with Crippen molar-refractivity contribution in [2.24, 2.45) is 0 Å². The maximum Gasteiger partial charge on any atom is 0.262 e. The van der Waals surface area contributed by atoms with Crippen LogP contribution in [0.15, 0.2) is 48.5 Å². The fourth-order valence-electron chi connectivity index (χ4n) is 2.74. The van der Waals surface area contributed by atoms with Crippen LogP contribution in [0, 0.1) is 6.92 Å². The number of ether oxygens (including phenoxy) is 1. The molecule has 1 saturated heterocycles. The van der Waals surface area contributed by atoms with Gasteiger partial charge in [0.2, 0.25) is 0 Å². The zero-order valence-corrected chi connectivity index (χ0v) is 13.4. The van der Waals surface area contributed by atoms with Crippen LogP contribution in [-0.4, -0.2) is 25.6 Å². The predicted octanol–water partition coefficient (Wildman–Crippen LogP) is 3.61. The van der Waals surface area contributed by atoms with Gasteiger partial charge in [-0.3, -0.25) is 4.79 Å². The Hall–Kier alpha value is -2.49. The standard InChI is InChI=1S/C19H22N2O2/c1-15-7-9-18(10-8-15)23-14-19(22)20-16-5-4-6-17(13-16)21-11-2-3-12-21/h4-10,13H,2-3,11-12,14H2,1H3,(H,20,22). The highest BCUT2D eigenvalue weighted by molar-refractivity contribution is 5.92. The molecule has 3 rings (SSSR count). The number of carbonyl (C=O) groups excluding carboxylic acids is 1. The number of benzene rings is 2. The molecule has 0 radical (unpaired) electrons. The Balaban J connectivity index is 1.55. The second kappa shape index (κ2) is 7.18. The number of nitrogens with one attached hydrogen (secondary N) is 1. The van der Waals surface area contributed by atoms with Gasteiger partial charge in [0.15, 0.2) is 6.61 Å². The van der Waals surface area contributed by atoms with Crippen LogP contribution in [0.5, 0.6) is 5.75 Å². The van der Waals surface area contributed by atoms with Crippen molar-refractivity contribution in [1.29, 1.82) is 0 Å². The molecule has 0 bridgehead atoms. The molecule has 0 aliphatic carbocycles. The van der Waals surface area contributed by atoms with Crippen LogP contribution in [0.25, 0.3) is 0 Å². The number of rotatable bonds is 5. The lowest BCUT2D eigenvalue weighted by molar-refractivity contribution is -0.118. The van der Waals surface area contributed by atoms with Gasteiger partial charge in [-0.1, -0.05) is 23.8 Å². The van der Waals surface area contributed by atoms with Gasteiger partial charge in [0.05, 0.1) is 0 Å². The van der Waals surface area contributed by atoms with Crippen molar-refractivity contribution in [1.82, 2.24) is 0 Å². The number of aryl methyl sites for hydroxylation is 1. The van der Waals surface area contributed by atoms with Crippen molar-refractivity contribution in [3.8, 4) is 5.75 Å². The van der Waals surface area contributed by atoms with Gasteiger partial charge in [-0.05, 0) is 50.1 Å². The summed E-state index contributed by atoms with van der Waals surface area (Å²) in [6.07, 6.45) is 2.47. The lowest BCUT2D eigenvalue weighted by Gasteiger charge is -2.18. The summed E-state index contributed by atoms with van der Waals surface area (Å²) in [5.41, 5.74) is 3.15. The monoisotopic (exact) mass is 310 g/mol. The van der Waals surface area contributed by atoms with Crippen molar-refractivity contribution in [2.75, 3.05) is 29.9 Å². The van der Waals surface area contributed by atoms with Gasteiger partial charge in [0.1, 0.15) is 5.75 Å². The Morgan fingerprint density at radius 1 is 1.13 bits per heavy atom. The van der Waals surface area contributed by atoms with Crippen LogP contribution in [0.1, 0.15) is 18.4 Å². The largest absolute Gasteiger partial charge is 0.484 e. The fraction of sp³-hybridized carbons (Fsp3) is 0.316. The van der Waals surface area contributed by atoms with Gasteiger partial charge in [-0.25, -0.2) is 0 Å². The minimum atomic E-state index is -0.149. The first-order valence-electron chi connectivity index (χ1n) is 8.05. The van der Waals surface area contributed by atoms with Crippen molar-refractivity contribution < 1.29 is 9.53 Å². The van der Waals surface area contributed by atoms with Gasteiger partial charge >= 0.3 is 0 Å². The van der Waals surface area contributed by atoms with E-state index in [-0.39, 0.29) is 12.5 Å². The summed E-state index contributed by atoms with van der Waals surface area (Å²) in [5.74, 6) is 0.556. The van der Waals surface area contributed by atoms with E-state index in [1.807, 2.05) is 49.4 Å². The number of amides is 1. The Bertz CT molecular complexity index is 661. The highest BCUT2D eigenvalue weighted by atomic mass is 16.5. The number of nitrogens with zero attached hydrogens (tertiary/aromatic N) is 1. The first kappa shape index (κ1) is 15.4. The van der Waals surface area contributed by atoms with Crippen molar-refractivity contribution >= 4 is 17.3 Å². The van der Waals surface area contributed by atoms with E-state index in [4.69, 9.17) is 4.74 Å². The van der Waals surface area contributed by atoms with E-state index >= 15 is 0 Å². The Morgan fingerprint density at radius 3 is 2.61 bits per heavy atom. The lowest BCUT2D eigenvalue weighted by atomic mass is 10.2. The summed E-state index contributed by atoms with van der Waals surface area (Å²) in [5, 5.41) is 2.90. The second-order valence-electron chi connectivity index (χ2n) is 5.89. The molecule has 4 nitrogen and oxygen atoms in total. The molecule has 2 aromatic carbocycles. The van der Waals surface area contributed by atoms with Gasteiger partial charge < -0.3 is 15.0 Å². The fourth-order valence-corrected chi connectivity index (χ4v) is 2.74. The molecule has 1 heterocycles. The van der Waals surface area contributed by atoms with Gasteiger partial charge in [0, 0.05) is 24.5 Å². The SMILES string of the molecule is Cc1ccc(OCC(=O)Nc2cccc(N3CCCC3)c2)cc1. The van der Waals surface area contributed by atoms with Crippen LogP contribution < -0.4 is 15.0 Å². The molecule has 0 spiro atoms. The average Bonchev–Trinajstić information content (AvgIpc) is 3.09. The van der Waals surface area contributed by atoms with Crippen LogP contribution >= 0.6 is 0 Å². The first-order valence-corrected chi connectivity index (χ1v) is 8.05. The van der Waals surface area contributed by atoms with E-state index in [1.54, 1.807) is 0 Å². The highest BCUT2D eigenvalue weighted by Gasteiger charge is 2.13. The summed E-state index contributed by atoms with van der Waals surface area (Å²) < 4.78 is 5.50. The normalized spacial score (nSPS) is 13.9. The van der Waals surface area contributed by atoms with Gasteiger partial charge in [-0.15, -0.1) is 0 Å². The first-order chi connectivity index (χ1) is 11.2. The van der Waals surface area contributed by atoms with Gasteiger partial charge in [0.25, 0.3) is 5.91 Å². The molecule has 1 fully saturated rings. The Morgan fingerprint density at radius 2 is 1.87 bits per heavy atom. The molecular formula is C19H22N2O2. The minimum absolute atomic E-state index is 0.0109. The number of hydrogen-bond donors (Lipinski definition) is 1. The quantitative estimate of drug-likeness (QED) is 0.917. The van der Waals surface area contributed by atoms with Crippen molar-refractivity contribution in [2.45, 2.75) is 19.8 Å². The molecule has 120 valence electrons. The van der Waals surface area contributed by atoms with Crippen molar-refractivity contribution in [3.05, 3.63) is 54.1 Å². The lowest BCUT2D eigenvalue weighted by Crippen LogP contribution is -2.21. The maximum atomic E-state index is 12.0. The maximum absolute atomic E-state index is 12.0. The third-order valence-corrected chi connectivity index (χ3v) is 3.99. The highest BCUT2D eigenvalue weighted by Crippen LogP contribution is 2.23. The van der Waals surface area contributed by atoms with E-state index in [1.165, 1.54) is 24.1 Å². The number of carbonyl (C=O) groups is 1. The summed E-state index contributed by atoms with van der Waals surface area (Å²) in [4.78, 5) is 14.4. The molecule has 1 aliphatic rings. The number of hydrogen-bond acceptors (Lipinski definition) is 3. The Labute approximate surface area is 137 Å². The summed E-state index contributed by atoms with van der Waals surface area (Å²) >= 11 is 0. The molecular weight excluding hydrogens is 288 g/mol. The van der Waals surface area contributed by atoms with E-state index in [0.29, 0.717) is 5.75 Å². The van der Waals surface area contributed by atoms with Crippen LogP contribution in [0.2, 0.25) is 0 Å². The summed E-state index contributed by atoms with van der Waals surface area (Å²) in [6, 6.07) is 15.7. The topological polar surface area (TPSA) is 41.6 Å². The molecule has 2 aromatic rings. The van der Waals surface area contributed by atoms with Crippen LogP contribution in [-0.2, 0) is 4.79 Å². The summed E-state index contributed by atoms with van der Waals surface area (Å²) in [6.45, 7) is 4.21. The molecule has 0 aromatic heterocycles. The van der Waals surface area contributed by atoms with Crippen LogP contribution in [0.3, 0.4) is 0 Å². The molecule has 0 unspecified atom stereocenters. The van der Waals surface area contributed by atoms with Crippen molar-refractivity contribution in [3.63, 3.8) is 0 Å². The number of anilines is 2. The zero-order valence-electron chi connectivity index (χ0n) is 13.4. The predicted molar refractivity (Wildman–Crippen MR) is 93.2 cm³/mol. The zero-order chi connectivity index (χ0) is 16.1. The van der Waals surface area contributed by atoms with E-state index in [9.17, 15) is 4.79 Å². The average molecular weight is 310 g/mol. The second-order valence-corrected chi connectivity index (χ2v) is 5.89. The van der Waals surface area contributed by atoms with E-state index in [2.05, 4.69) is 16.3 Å². The van der Waals surface area contributed by atoms with E-state index in [0.717, 1.165) is 18.8 Å².